The predicted molar refractivity (Wildman–Crippen MR) is 86.6 cm³/mol. The average molecular weight is 289 g/mol. The monoisotopic (exact) mass is 289 g/mol. The number of anilines is 2. The number of nitrogen functional groups attached to an aromatic ring is 1. The summed E-state index contributed by atoms with van der Waals surface area (Å²) in [7, 11) is 1.68. The van der Waals surface area contributed by atoms with Crippen LogP contribution in [0.3, 0.4) is 0 Å². The average Bonchev–Trinajstić information content (AvgIpc) is 2.49. The summed E-state index contributed by atoms with van der Waals surface area (Å²) in [5.74, 6) is 0. The third-order valence-electron chi connectivity index (χ3n) is 3.23. The van der Waals surface area contributed by atoms with E-state index in [1.54, 1.807) is 13.3 Å². The van der Waals surface area contributed by atoms with E-state index in [-0.39, 0.29) is 0 Å². The van der Waals surface area contributed by atoms with E-state index in [0.717, 1.165) is 48.3 Å². The number of benzene rings is 1. The SMILES string of the molecule is COCCOCCCCNc1ccnc2cc(N)ccc12. The molecule has 0 aliphatic rings. The van der Waals surface area contributed by atoms with Gasteiger partial charge in [0.2, 0.25) is 0 Å². The van der Waals surface area contributed by atoms with Crippen LogP contribution in [-0.4, -0.2) is 38.5 Å². The van der Waals surface area contributed by atoms with Crippen molar-refractivity contribution in [2.24, 2.45) is 0 Å². The summed E-state index contributed by atoms with van der Waals surface area (Å²) in [6.07, 6.45) is 3.90. The Morgan fingerprint density at radius 3 is 2.90 bits per heavy atom. The zero-order valence-electron chi connectivity index (χ0n) is 12.5. The third-order valence-corrected chi connectivity index (χ3v) is 3.23. The number of ether oxygens (including phenoxy) is 2. The van der Waals surface area contributed by atoms with E-state index in [9.17, 15) is 0 Å². The van der Waals surface area contributed by atoms with Crippen LogP contribution in [0, 0.1) is 0 Å². The highest BCUT2D eigenvalue weighted by Crippen LogP contribution is 2.23. The van der Waals surface area contributed by atoms with Gasteiger partial charge < -0.3 is 20.5 Å². The fourth-order valence-corrected chi connectivity index (χ4v) is 2.12. The molecule has 114 valence electrons. The van der Waals surface area contributed by atoms with Crippen LogP contribution >= 0.6 is 0 Å². The van der Waals surface area contributed by atoms with E-state index in [0.29, 0.717) is 13.2 Å². The molecule has 0 saturated carbocycles. The van der Waals surface area contributed by atoms with Gasteiger partial charge in [-0.2, -0.15) is 0 Å². The zero-order chi connectivity index (χ0) is 14.9. The minimum Gasteiger partial charge on any atom is -0.399 e. The highest BCUT2D eigenvalue weighted by molar-refractivity contribution is 5.92. The quantitative estimate of drug-likeness (QED) is 0.548. The topological polar surface area (TPSA) is 69.4 Å². The maximum atomic E-state index is 5.78. The lowest BCUT2D eigenvalue weighted by atomic mass is 10.1. The van der Waals surface area contributed by atoms with Crippen LogP contribution in [-0.2, 0) is 9.47 Å². The molecule has 2 rings (SSSR count). The molecular weight excluding hydrogens is 266 g/mol. The molecule has 2 aromatic rings. The molecule has 5 heteroatoms. The Morgan fingerprint density at radius 1 is 1.14 bits per heavy atom. The number of pyridine rings is 1. The second kappa shape index (κ2) is 8.44. The lowest BCUT2D eigenvalue weighted by Crippen LogP contribution is -2.06. The molecule has 0 atom stereocenters. The van der Waals surface area contributed by atoms with Gasteiger partial charge in [0.05, 0.1) is 18.7 Å². The van der Waals surface area contributed by atoms with Crippen LogP contribution < -0.4 is 11.1 Å². The number of nitrogens with two attached hydrogens (primary N) is 1. The van der Waals surface area contributed by atoms with Gasteiger partial charge in [-0.1, -0.05) is 0 Å². The van der Waals surface area contributed by atoms with E-state index in [1.807, 2.05) is 24.3 Å². The number of unbranched alkanes of at least 4 members (excludes halogenated alkanes) is 1. The maximum absolute atomic E-state index is 5.78. The van der Waals surface area contributed by atoms with Gasteiger partial charge in [-0.05, 0) is 37.1 Å². The fraction of sp³-hybridized carbons (Fsp3) is 0.438. The van der Waals surface area contributed by atoms with Crippen molar-refractivity contribution in [1.82, 2.24) is 4.98 Å². The normalized spacial score (nSPS) is 10.9. The summed E-state index contributed by atoms with van der Waals surface area (Å²) in [4.78, 5) is 4.34. The van der Waals surface area contributed by atoms with Gasteiger partial charge in [-0.25, -0.2) is 0 Å². The van der Waals surface area contributed by atoms with Crippen molar-refractivity contribution in [2.75, 3.05) is 44.5 Å². The molecule has 0 amide bonds. The number of rotatable bonds is 9. The Labute approximate surface area is 125 Å². The van der Waals surface area contributed by atoms with Gasteiger partial charge >= 0.3 is 0 Å². The van der Waals surface area contributed by atoms with Gasteiger partial charge in [0, 0.05) is 43.2 Å². The van der Waals surface area contributed by atoms with Crippen LogP contribution in [0.25, 0.3) is 10.9 Å². The molecular formula is C16H23N3O2. The second-order valence-corrected chi connectivity index (χ2v) is 4.87. The lowest BCUT2D eigenvalue weighted by Gasteiger charge is -2.10. The lowest BCUT2D eigenvalue weighted by molar-refractivity contribution is 0.0691. The Kier molecular flexibility index (Phi) is 6.24. The van der Waals surface area contributed by atoms with Crippen LogP contribution in [0.5, 0.6) is 0 Å². The predicted octanol–water partition coefficient (Wildman–Crippen LogP) is 2.67. The van der Waals surface area contributed by atoms with Crippen molar-refractivity contribution >= 4 is 22.3 Å². The molecule has 21 heavy (non-hydrogen) atoms. The molecule has 1 aromatic heterocycles. The van der Waals surface area contributed by atoms with Gasteiger partial charge in [-0.15, -0.1) is 0 Å². The Morgan fingerprint density at radius 2 is 2.05 bits per heavy atom. The molecule has 0 fully saturated rings. The second-order valence-electron chi connectivity index (χ2n) is 4.87. The Balaban J connectivity index is 1.76. The first-order valence-corrected chi connectivity index (χ1v) is 7.26. The number of nitrogens with one attached hydrogen (secondary N) is 1. The summed E-state index contributed by atoms with van der Waals surface area (Å²) in [5.41, 5.74) is 8.53. The molecule has 0 saturated heterocycles. The summed E-state index contributed by atoms with van der Waals surface area (Å²) in [5, 5.41) is 4.55. The molecule has 0 aliphatic carbocycles. The first-order chi connectivity index (χ1) is 10.3. The van der Waals surface area contributed by atoms with Gasteiger partial charge in [-0.3, -0.25) is 4.98 Å². The number of hydrogen-bond acceptors (Lipinski definition) is 5. The molecule has 0 radical (unpaired) electrons. The van der Waals surface area contributed by atoms with E-state index >= 15 is 0 Å². The summed E-state index contributed by atoms with van der Waals surface area (Å²) in [6, 6.07) is 7.80. The van der Waals surface area contributed by atoms with Crippen molar-refractivity contribution in [1.29, 1.82) is 0 Å². The van der Waals surface area contributed by atoms with Crippen LogP contribution in [0.4, 0.5) is 11.4 Å². The molecule has 0 spiro atoms. The summed E-state index contributed by atoms with van der Waals surface area (Å²) >= 11 is 0. The first-order valence-electron chi connectivity index (χ1n) is 7.26. The van der Waals surface area contributed by atoms with E-state index in [1.165, 1.54) is 0 Å². The molecule has 1 aromatic carbocycles. The Hall–Kier alpha value is -1.85. The zero-order valence-corrected chi connectivity index (χ0v) is 12.5. The number of aromatic nitrogens is 1. The fourth-order valence-electron chi connectivity index (χ4n) is 2.12. The number of hydrogen-bond donors (Lipinski definition) is 2. The van der Waals surface area contributed by atoms with Crippen molar-refractivity contribution in [3.05, 3.63) is 30.5 Å². The molecule has 5 nitrogen and oxygen atoms in total. The third kappa shape index (κ3) is 4.88. The van der Waals surface area contributed by atoms with E-state index in [4.69, 9.17) is 15.2 Å². The standard InChI is InChI=1S/C16H23N3O2/c1-20-10-11-21-9-3-2-7-18-15-6-8-19-16-12-13(17)4-5-14(15)16/h4-6,8,12H,2-3,7,9-11,17H2,1H3,(H,18,19). The van der Waals surface area contributed by atoms with Gasteiger partial charge in [0.1, 0.15) is 0 Å². The Bertz CT molecular complexity index is 560. The molecule has 0 bridgehead atoms. The molecule has 3 N–H and O–H groups in total. The maximum Gasteiger partial charge on any atom is 0.0743 e. The molecule has 1 heterocycles. The largest absolute Gasteiger partial charge is 0.399 e. The van der Waals surface area contributed by atoms with Crippen LogP contribution in [0.2, 0.25) is 0 Å². The van der Waals surface area contributed by atoms with Crippen molar-refractivity contribution in [3.63, 3.8) is 0 Å². The van der Waals surface area contributed by atoms with E-state index in [2.05, 4.69) is 10.3 Å². The van der Waals surface area contributed by atoms with Crippen LogP contribution in [0.15, 0.2) is 30.5 Å². The summed E-state index contributed by atoms with van der Waals surface area (Å²) < 4.78 is 10.4. The first kappa shape index (κ1) is 15.5. The minimum atomic E-state index is 0.657. The van der Waals surface area contributed by atoms with Gasteiger partial charge in [0.25, 0.3) is 0 Å². The molecule has 0 aliphatic heterocycles. The van der Waals surface area contributed by atoms with Gasteiger partial charge in [0.15, 0.2) is 0 Å². The summed E-state index contributed by atoms with van der Waals surface area (Å²) in [6.45, 7) is 3.01. The number of methoxy groups -OCH3 is 1. The highest BCUT2D eigenvalue weighted by Gasteiger charge is 2.01. The van der Waals surface area contributed by atoms with Crippen molar-refractivity contribution in [3.8, 4) is 0 Å². The number of fused-ring (bicyclic) bond motifs is 1. The molecule has 0 unspecified atom stereocenters. The number of nitrogens with zero attached hydrogens (tertiary/aromatic N) is 1. The van der Waals surface area contributed by atoms with E-state index < -0.39 is 0 Å². The van der Waals surface area contributed by atoms with Crippen molar-refractivity contribution < 1.29 is 9.47 Å². The minimum absolute atomic E-state index is 0.657. The van der Waals surface area contributed by atoms with Crippen molar-refractivity contribution in [2.45, 2.75) is 12.8 Å². The smallest absolute Gasteiger partial charge is 0.0743 e. The highest BCUT2D eigenvalue weighted by atomic mass is 16.5. The van der Waals surface area contributed by atoms with Crippen LogP contribution in [0.1, 0.15) is 12.8 Å².